The lowest BCUT2D eigenvalue weighted by Crippen LogP contribution is -2.31. The Morgan fingerprint density at radius 3 is 2.26 bits per heavy atom. The number of nitrogens with one attached hydrogen (secondary N) is 1. The van der Waals surface area contributed by atoms with Crippen LogP contribution in [0.25, 0.3) is 16.6 Å². The number of nitrogens with zero attached hydrogens (tertiary/aromatic N) is 5. The smallest absolute Gasteiger partial charge is 0.319 e. The molecular formula is C25H20N6O4. The van der Waals surface area contributed by atoms with Crippen LogP contribution in [0.2, 0.25) is 0 Å². The quantitative estimate of drug-likeness (QED) is 0.363. The van der Waals surface area contributed by atoms with Gasteiger partial charge in [-0.3, -0.25) is 24.3 Å². The first-order valence-corrected chi connectivity index (χ1v) is 10.7. The third kappa shape index (κ3) is 3.80. The third-order valence-electron chi connectivity index (χ3n) is 5.72. The highest BCUT2D eigenvalue weighted by molar-refractivity contribution is 6.52. The molecule has 5 amide bonds. The number of aryl methyl sites for hydroxylation is 2. The fraction of sp³-hybridized carbons (Fsp3) is 0.120. The predicted octanol–water partition coefficient (Wildman–Crippen LogP) is 3.19. The zero-order valence-electron chi connectivity index (χ0n) is 19.1. The number of benzene rings is 1. The number of amides is 5. The molecule has 174 valence electrons. The molecule has 10 heteroatoms. The lowest BCUT2D eigenvalue weighted by atomic mass is 10.1. The minimum atomic E-state index is -0.888. The van der Waals surface area contributed by atoms with Gasteiger partial charge in [0.2, 0.25) is 0 Å². The lowest BCUT2D eigenvalue weighted by molar-refractivity contribution is -0.138. The number of carbonyl (C=O) groups excluding carboxylic acids is 4. The SMILES string of the molecule is Cc1ccc(NC(=O)c2nc(C)cn3cc(-c4ccc(N5C(=O)C(=O)N(C)C5=O)cc4)cc23)cn1. The van der Waals surface area contributed by atoms with E-state index in [2.05, 4.69) is 15.3 Å². The fourth-order valence-corrected chi connectivity index (χ4v) is 3.89. The van der Waals surface area contributed by atoms with Crippen molar-refractivity contribution in [3.8, 4) is 11.1 Å². The summed E-state index contributed by atoms with van der Waals surface area (Å²) in [4.78, 5) is 59.5. The second-order valence-electron chi connectivity index (χ2n) is 8.23. The van der Waals surface area contributed by atoms with E-state index < -0.39 is 17.8 Å². The Labute approximate surface area is 199 Å². The van der Waals surface area contributed by atoms with Crippen LogP contribution < -0.4 is 10.2 Å². The van der Waals surface area contributed by atoms with Crippen LogP contribution in [0.1, 0.15) is 21.9 Å². The van der Waals surface area contributed by atoms with Crippen LogP contribution in [0.15, 0.2) is 61.1 Å². The largest absolute Gasteiger partial charge is 0.338 e. The van der Waals surface area contributed by atoms with Gasteiger partial charge >= 0.3 is 17.8 Å². The molecule has 0 unspecified atom stereocenters. The van der Waals surface area contributed by atoms with Crippen molar-refractivity contribution in [1.29, 1.82) is 0 Å². The molecule has 4 aromatic rings. The Hall–Kier alpha value is -4.86. The number of carbonyl (C=O) groups is 4. The molecule has 0 aliphatic carbocycles. The maximum absolute atomic E-state index is 13.0. The molecule has 5 rings (SSSR count). The van der Waals surface area contributed by atoms with Gasteiger partial charge in [0.05, 0.1) is 28.8 Å². The molecule has 1 aliphatic heterocycles. The summed E-state index contributed by atoms with van der Waals surface area (Å²) in [5.41, 5.74) is 4.87. The van der Waals surface area contributed by atoms with E-state index in [1.54, 1.807) is 43.5 Å². The first kappa shape index (κ1) is 22.0. The van der Waals surface area contributed by atoms with E-state index >= 15 is 0 Å². The van der Waals surface area contributed by atoms with E-state index in [0.29, 0.717) is 22.6 Å². The van der Waals surface area contributed by atoms with Crippen molar-refractivity contribution in [2.45, 2.75) is 13.8 Å². The van der Waals surface area contributed by atoms with Gasteiger partial charge in [0.15, 0.2) is 5.69 Å². The molecule has 0 saturated carbocycles. The Bertz CT molecular complexity index is 1520. The van der Waals surface area contributed by atoms with Gasteiger partial charge in [-0.05, 0) is 49.7 Å². The molecule has 1 N–H and O–H groups in total. The van der Waals surface area contributed by atoms with E-state index in [4.69, 9.17) is 0 Å². The van der Waals surface area contributed by atoms with Crippen LogP contribution in [0, 0.1) is 13.8 Å². The number of urea groups is 1. The van der Waals surface area contributed by atoms with Crippen LogP contribution in [-0.4, -0.2) is 50.1 Å². The maximum atomic E-state index is 13.0. The van der Waals surface area contributed by atoms with Gasteiger partial charge in [0.25, 0.3) is 5.91 Å². The molecule has 0 bridgehead atoms. The number of rotatable bonds is 4. The van der Waals surface area contributed by atoms with E-state index in [1.807, 2.05) is 35.9 Å². The zero-order valence-corrected chi connectivity index (χ0v) is 19.1. The van der Waals surface area contributed by atoms with Gasteiger partial charge in [-0.15, -0.1) is 0 Å². The molecule has 10 nitrogen and oxygen atoms in total. The Morgan fingerprint density at radius 1 is 0.886 bits per heavy atom. The van der Waals surface area contributed by atoms with E-state index in [0.717, 1.165) is 26.6 Å². The van der Waals surface area contributed by atoms with Crippen molar-refractivity contribution in [1.82, 2.24) is 19.3 Å². The topological polar surface area (TPSA) is 117 Å². The summed E-state index contributed by atoms with van der Waals surface area (Å²) in [5, 5.41) is 2.83. The monoisotopic (exact) mass is 468 g/mol. The first-order chi connectivity index (χ1) is 16.7. The van der Waals surface area contributed by atoms with Crippen molar-refractivity contribution in [2.75, 3.05) is 17.3 Å². The lowest BCUT2D eigenvalue weighted by Gasteiger charge is -2.13. The molecule has 0 atom stereocenters. The van der Waals surface area contributed by atoms with Crippen LogP contribution in [0.4, 0.5) is 16.2 Å². The van der Waals surface area contributed by atoms with Gasteiger partial charge < -0.3 is 9.72 Å². The Kier molecular flexibility index (Phi) is 5.13. The second-order valence-corrected chi connectivity index (χ2v) is 8.23. The molecule has 1 saturated heterocycles. The van der Waals surface area contributed by atoms with Gasteiger partial charge in [-0.1, -0.05) is 12.1 Å². The molecule has 1 fully saturated rings. The summed E-state index contributed by atoms with van der Waals surface area (Å²) in [6, 6.07) is 11.4. The number of hydrogen-bond acceptors (Lipinski definition) is 6. The van der Waals surface area contributed by atoms with Crippen LogP contribution in [0.5, 0.6) is 0 Å². The summed E-state index contributed by atoms with van der Waals surface area (Å²) < 4.78 is 1.83. The van der Waals surface area contributed by atoms with Gasteiger partial charge in [0.1, 0.15) is 0 Å². The number of imide groups is 2. The van der Waals surface area contributed by atoms with E-state index in [-0.39, 0.29) is 11.6 Å². The minimum Gasteiger partial charge on any atom is -0.319 e. The number of aromatic nitrogens is 3. The number of likely N-dealkylation sites (N-methyl/N-ethyl adjacent to an activating group) is 1. The number of hydrogen-bond donors (Lipinski definition) is 1. The zero-order chi connectivity index (χ0) is 24.9. The fourth-order valence-electron chi connectivity index (χ4n) is 3.89. The average molecular weight is 468 g/mol. The van der Waals surface area contributed by atoms with Crippen molar-refractivity contribution in [3.05, 3.63) is 78.1 Å². The highest BCUT2D eigenvalue weighted by Gasteiger charge is 2.43. The van der Waals surface area contributed by atoms with Crippen LogP contribution in [-0.2, 0) is 9.59 Å². The summed E-state index contributed by atoms with van der Waals surface area (Å²) >= 11 is 0. The number of pyridine rings is 1. The summed E-state index contributed by atoms with van der Waals surface area (Å²) in [6.07, 6.45) is 5.28. The summed E-state index contributed by atoms with van der Waals surface area (Å²) in [6.45, 7) is 3.67. The molecule has 0 radical (unpaired) electrons. The van der Waals surface area contributed by atoms with E-state index in [1.165, 1.54) is 7.05 Å². The maximum Gasteiger partial charge on any atom is 0.338 e. The molecule has 1 aliphatic rings. The molecule has 0 spiro atoms. The van der Waals surface area contributed by atoms with Gasteiger partial charge in [-0.25, -0.2) is 14.7 Å². The van der Waals surface area contributed by atoms with Crippen LogP contribution >= 0.6 is 0 Å². The summed E-state index contributed by atoms with van der Waals surface area (Å²) in [7, 11) is 1.27. The number of anilines is 2. The van der Waals surface area contributed by atoms with E-state index in [9.17, 15) is 19.2 Å². The van der Waals surface area contributed by atoms with Crippen molar-refractivity contribution in [2.24, 2.45) is 0 Å². The van der Waals surface area contributed by atoms with Crippen molar-refractivity contribution < 1.29 is 19.2 Å². The second kappa shape index (κ2) is 8.17. The van der Waals surface area contributed by atoms with Gasteiger partial charge in [-0.2, -0.15) is 0 Å². The van der Waals surface area contributed by atoms with Crippen LogP contribution in [0.3, 0.4) is 0 Å². The molecule has 35 heavy (non-hydrogen) atoms. The Morgan fingerprint density at radius 2 is 1.63 bits per heavy atom. The van der Waals surface area contributed by atoms with Crippen molar-refractivity contribution in [3.63, 3.8) is 0 Å². The molecule has 1 aromatic carbocycles. The molecule has 4 heterocycles. The highest BCUT2D eigenvalue weighted by Crippen LogP contribution is 2.28. The van der Waals surface area contributed by atoms with Crippen molar-refractivity contribution >= 4 is 40.6 Å². The average Bonchev–Trinajstić information content (AvgIpc) is 3.35. The minimum absolute atomic E-state index is 0.267. The first-order valence-electron chi connectivity index (χ1n) is 10.7. The Balaban J connectivity index is 1.46. The summed E-state index contributed by atoms with van der Waals surface area (Å²) in [5.74, 6) is -2.11. The highest BCUT2D eigenvalue weighted by atomic mass is 16.2. The number of fused-ring (bicyclic) bond motifs is 1. The standard InChI is InChI=1S/C25H20N6O4/c1-14-4-7-18(11-26-14)28-22(32)21-20-10-17(13-30(20)12-15(2)27-21)16-5-8-19(9-6-16)31-24(34)23(33)29(3)25(31)35/h4-13H,1-3H3,(H,28,32). The predicted molar refractivity (Wildman–Crippen MR) is 128 cm³/mol. The molecular weight excluding hydrogens is 448 g/mol. The van der Waals surface area contributed by atoms with Gasteiger partial charge in [0, 0.05) is 30.7 Å². The normalized spacial score (nSPS) is 13.7. The third-order valence-corrected chi connectivity index (χ3v) is 5.72. The molecule has 3 aromatic heterocycles.